The fraction of sp³-hybridized carbons (Fsp3) is 1.00. The summed E-state index contributed by atoms with van der Waals surface area (Å²) in [5.74, 6) is 1.01. The summed E-state index contributed by atoms with van der Waals surface area (Å²) in [6, 6.07) is 1.71. The molecule has 1 saturated heterocycles. The molecule has 0 aromatic rings. The molecule has 98 valence electrons. The third kappa shape index (κ3) is 2.99. The molecule has 3 aliphatic rings. The van der Waals surface area contributed by atoms with E-state index >= 15 is 0 Å². The molecule has 0 spiro atoms. The van der Waals surface area contributed by atoms with Gasteiger partial charge in [-0.3, -0.25) is 4.90 Å². The number of thioether (sulfide) groups is 1. The van der Waals surface area contributed by atoms with Gasteiger partial charge < -0.3 is 5.32 Å². The molecule has 3 unspecified atom stereocenters. The third-order valence-electron chi connectivity index (χ3n) is 4.86. The second-order valence-corrected chi connectivity index (χ2v) is 7.21. The van der Waals surface area contributed by atoms with E-state index in [1.54, 1.807) is 0 Å². The van der Waals surface area contributed by atoms with Crippen LogP contribution in [0.5, 0.6) is 0 Å². The van der Waals surface area contributed by atoms with Crippen molar-refractivity contribution in [2.24, 2.45) is 5.92 Å². The molecule has 3 heteroatoms. The molecule has 2 saturated carbocycles. The maximum atomic E-state index is 3.78. The van der Waals surface area contributed by atoms with Gasteiger partial charge in [0, 0.05) is 23.9 Å². The first-order valence-electron chi connectivity index (χ1n) is 7.37. The zero-order valence-corrected chi connectivity index (χ0v) is 11.8. The molecule has 3 atom stereocenters. The quantitative estimate of drug-likeness (QED) is 0.832. The Morgan fingerprint density at radius 3 is 2.76 bits per heavy atom. The van der Waals surface area contributed by atoms with Crippen molar-refractivity contribution in [2.45, 2.75) is 55.9 Å². The van der Waals surface area contributed by atoms with Gasteiger partial charge in [0.1, 0.15) is 0 Å². The molecule has 1 heterocycles. The van der Waals surface area contributed by atoms with E-state index in [1.165, 1.54) is 58.2 Å². The SMILES string of the molecule is CSC1CCC(N2CCCNC(C3CC3)C2)C1. The first-order valence-corrected chi connectivity index (χ1v) is 8.66. The van der Waals surface area contributed by atoms with Gasteiger partial charge in [-0.2, -0.15) is 11.8 Å². The van der Waals surface area contributed by atoms with Crippen molar-refractivity contribution in [1.82, 2.24) is 10.2 Å². The minimum absolute atomic E-state index is 0.811. The summed E-state index contributed by atoms with van der Waals surface area (Å²) < 4.78 is 0. The maximum Gasteiger partial charge on any atom is 0.0223 e. The Hall–Kier alpha value is 0.270. The van der Waals surface area contributed by atoms with Crippen molar-refractivity contribution in [2.75, 3.05) is 25.9 Å². The summed E-state index contributed by atoms with van der Waals surface area (Å²) in [5.41, 5.74) is 0. The van der Waals surface area contributed by atoms with Gasteiger partial charge in [-0.1, -0.05) is 0 Å². The molecule has 17 heavy (non-hydrogen) atoms. The van der Waals surface area contributed by atoms with Crippen LogP contribution in [0.25, 0.3) is 0 Å². The van der Waals surface area contributed by atoms with E-state index in [-0.39, 0.29) is 0 Å². The Balaban J connectivity index is 1.57. The average molecular weight is 254 g/mol. The fourth-order valence-electron chi connectivity index (χ4n) is 3.59. The van der Waals surface area contributed by atoms with Crippen LogP contribution in [0.4, 0.5) is 0 Å². The fourth-order valence-corrected chi connectivity index (χ4v) is 4.37. The smallest absolute Gasteiger partial charge is 0.0223 e. The molecule has 0 amide bonds. The van der Waals surface area contributed by atoms with E-state index in [0.29, 0.717) is 0 Å². The van der Waals surface area contributed by atoms with Gasteiger partial charge in [-0.15, -0.1) is 0 Å². The Bertz CT molecular complexity index is 255. The molecule has 0 radical (unpaired) electrons. The minimum Gasteiger partial charge on any atom is -0.312 e. The highest BCUT2D eigenvalue weighted by Crippen LogP contribution is 2.36. The summed E-state index contributed by atoms with van der Waals surface area (Å²) in [4.78, 5) is 2.82. The third-order valence-corrected chi connectivity index (χ3v) is 5.95. The minimum atomic E-state index is 0.811. The van der Waals surface area contributed by atoms with Crippen LogP contribution in [0.2, 0.25) is 0 Å². The first kappa shape index (κ1) is 12.3. The Morgan fingerprint density at radius 1 is 1.18 bits per heavy atom. The number of rotatable bonds is 3. The van der Waals surface area contributed by atoms with E-state index < -0.39 is 0 Å². The molecule has 1 aliphatic heterocycles. The number of nitrogens with zero attached hydrogens (tertiary/aromatic N) is 1. The second kappa shape index (κ2) is 5.50. The van der Waals surface area contributed by atoms with Gasteiger partial charge >= 0.3 is 0 Å². The topological polar surface area (TPSA) is 15.3 Å². The lowest BCUT2D eigenvalue weighted by atomic mass is 10.1. The highest BCUT2D eigenvalue weighted by atomic mass is 32.2. The standard InChI is InChI=1S/C14H26N2S/c1-17-13-6-5-12(9-13)16-8-2-7-15-14(10-16)11-3-4-11/h11-15H,2-10H2,1H3. The summed E-state index contributed by atoms with van der Waals surface area (Å²) in [7, 11) is 0. The number of hydrogen-bond acceptors (Lipinski definition) is 3. The van der Waals surface area contributed by atoms with Gasteiger partial charge in [0.15, 0.2) is 0 Å². The lowest BCUT2D eigenvalue weighted by Crippen LogP contribution is -2.43. The molecular weight excluding hydrogens is 228 g/mol. The Labute approximate surface area is 110 Å². The molecule has 3 rings (SSSR count). The van der Waals surface area contributed by atoms with Gasteiger partial charge in [-0.05, 0) is 63.8 Å². The predicted molar refractivity (Wildman–Crippen MR) is 75.6 cm³/mol. The lowest BCUT2D eigenvalue weighted by molar-refractivity contribution is 0.190. The van der Waals surface area contributed by atoms with Crippen molar-refractivity contribution in [1.29, 1.82) is 0 Å². The van der Waals surface area contributed by atoms with Crippen molar-refractivity contribution >= 4 is 11.8 Å². The zero-order valence-electron chi connectivity index (χ0n) is 11.0. The summed E-state index contributed by atoms with van der Waals surface area (Å²) in [6.45, 7) is 3.91. The highest BCUT2D eigenvalue weighted by Gasteiger charge is 2.36. The van der Waals surface area contributed by atoms with Crippen LogP contribution in [-0.2, 0) is 0 Å². The van der Waals surface area contributed by atoms with Crippen LogP contribution in [0.3, 0.4) is 0 Å². The van der Waals surface area contributed by atoms with Crippen LogP contribution in [-0.4, -0.2) is 48.1 Å². The Morgan fingerprint density at radius 2 is 2.06 bits per heavy atom. The van der Waals surface area contributed by atoms with Gasteiger partial charge in [0.2, 0.25) is 0 Å². The number of nitrogens with one attached hydrogen (secondary N) is 1. The van der Waals surface area contributed by atoms with Crippen molar-refractivity contribution < 1.29 is 0 Å². The van der Waals surface area contributed by atoms with Crippen LogP contribution < -0.4 is 5.32 Å². The van der Waals surface area contributed by atoms with Crippen LogP contribution in [0.15, 0.2) is 0 Å². The monoisotopic (exact) mass is 254 g/mol. The van der Waals surface area contributed by atoms with Crippen LogP contribution in [0.1, 0.15) is 38.5 Å². The average Bonchev–Trinajstić information content (AvgIpc) is 3.11. The van der Waals surface area contributed by atoms with Gasteiger partial charge in [-0.25, -0.2) is 0 Å². The molecule has 0 bridgehead atoms. The van der Waals surface area contributed by atoms with Gasteiger partial charge in [0.05, 0.1) is 0 Å². The molecule has 1 N–H and O–H groups in total. The Kier molecular flexibility index (Phi) is 3.98. The van der Waals surface area contributed by atoms with E-state index in [1.807, 2.05) is 0 Å². The second-order valence-electron chi connectivity index (χ2n) is 6.07. The number of hydrogen-bond donors (Lipinski definition) is 1. The molecule has 0 aromatic heterocycles. The summed E-state index contributed by atoms with van der Waals surface area (Å²) >= 11 is 2.08. The van der Waals surface area contributed by atoms with E-state index in [4.69, 9.17) is 0 Å². The lowest BCUT2D eigenvalue weighted by Gasteiger charge is -2.30. The van der Waals surface area contributed by atoms with Crippen LogP contribution >= 0.6 is 11.8 Å². The summed E-state index contributed by atoms with van der Waals surface area (Å²) in [6.07, 6.45) is 10.9. The molecule has 0 aromatic carbocycles. The van der Waals surface area contributed by atoms with E-state index in [9.17, 15) is 0 Å². The van der Waals surface area contributed by atoms with Gasteiger partial charge in [0.25, 0.3) is 0 Å². The normalized spacial score (nSPS) is 40.4. The maximum absolute atomic E-state index is 3.78. The molecular formula is C14H26N2S. The van der Waals surface area contributed by atoms with Crippen molar-refractivity contribution in [3.8, 4) is 0 Å². The predicted octanol–water partition coefficient (Wildman–Crippen LogP) is 2.34. The first-order chi connectivity index (χ1) is 8.36. The molecule has 3 fully saturated rings. The van der Waals surface area contributed by atoms with Crippen LogP contribution in [0, 0.1) is 5.92 Å². The van der Waals surface area contributed by atoms with E-state index in [0.717, 1.165) is 23.3 Å². The highest BCUT2D eigenvalue weighted by molar-refractivity contribution is 7.99. The van der Waals surface area contributed by atoms with Crippen molar-refractivity contribution in [3.63, 3.8) is 0 Å². The molecule has 2 nitrogen and oxygen atoms in total. The zero-order chi connectivity index (χ0) is 11.7. The largest absolute Gasteiger partial charge is 0.312 e. The van der Waals surface area contributed by atoms with Crippen molar-refractivity contribution in [3.05, 3.63) is 0 Å². The molecule has 2 aliphatic carbocycles. The summed E-state index contributed by atoms with van der Waals surface area (Å²) in [5, 5.41) is 4.72. The van der Waals surface area contributed by atoms with E-state index in [2.05, 4.69) is 28.2 Å².